The molecule has 1 aromatic rings. The minimum atomic E-state index is -2.85. The molecule has 2 aliphatic rings. The molecule has 0 saturated carbocycles. The minimum Gasteiger partial charge on any atom is -0.315 e. The van der Waals surface area contributed by atoms with E-state index in [1.54, 1.807) is 0 Å². The van der Waals surface area contributed by atoms with Crippen molar-refractivity contribution in [3.05, 3.63) is 16.4 Å². The van der Waals surface area contributed by atoms with Gasteiger partial charge in [-0.05, 0) is 25.7 Å². The maximum atomic E-state index is 11.8. The van der Waals surface area contributed by atoms with Gasteiger partial charge in [0.2, 0.25) is 0 Å². The highest BCUT2D eigenvalue weighted by molar-refractivity contribution is 7.91. The van der Waals surface area contributed by atoms with Crippen LogP contribution in [-0.4, -0.2) is 42.8 Å². The lowest BCUT2D eigenvalue weighted by atomic mass is 9.67. The number of sulfone groups is 1. The first-order valence-corrected chi connectivity index (χ1v) is 9.12. The van der Waals surface area contributed by atoms with E-state index in [0.29, 0.717) is 11.5 Å². The van der Waals surface area contributed by atoms with Gasteiger partial charge in [-0.15, -0.1) is 0 Å². The van der Waals surface area contributed by atoms with E-state index >= 15 is 0 Å². The molecule has 0 amide bonds. The number of nitrogens with one attached hydrogen (secondary N) is 1. The molecule has 3 heterocycles. The zero-order chi connectivity index (χ0) is 14.5. The van der Waals surface area contributed by atoms with Crippen LogP contribution < -0.4 is 5.32 Å². The van der Waals surface area contributed by atoms with Crippen molar-refractivity contribution in [1.82, 2.24) is 15.1 Å². The number of aromatic nitrogens is 2. The summed E-state index contributed by atoms with van der Waals surface area (Å²) >= 11 is 6.34. The third-order valence-corrected chi connectivity index (χ3v) is 7.09. The second kappa shape index (κ2) is 4.71. The Hall–Kier alpha value is -0.590. The maximum absolute atomic E-state index is 11.8. The van der Waals surface area contributed by atoms with Crippen molar-refractivity contribution in [3.63, 3.8) is 0 Å². The average Bonchev–Trinajstić information content (AvgIpc) is 2.77. The first kappa shape index (κ1) is 14.4. The van der Waals surface area contributed by atoms with Gasteiger partial charge in [0.1, 0.15) is 0 Å². The van der Waals surface area contributed by atoms with E-state index in [1.807, 2.05) is 18.7 Å². The molecular formula is C13H20ClN3O2S. The molecule has 1 atom stereocenters. The summed E-state index contributed by atoms with van der Waals surface area (Å²) in [5.41, 5.74) is 1.88. The molecular weight excluding hydrogens is 298 g/mol. The molecule has 1 aromatic heterocycles. The quantitative estimate of drug-likeness (QED) is 0.901. The Balaban J connectivity index is 1.87. The van der Waals surface area contributed by atoms with Gasteiger partial charge in [-0.3, -0.25) is 4.68 Å². The second-order valence-electron chi connectivity index (χ2n) is 6.21. The molecule has 3 rings (SSSR count). The van der Waals surface area contributed by atoms with Gasteiger partial charge in [0.05, 0.1) is 27.9 Å². The zero-order valence-corrected chi connectivity index (χ0v) is 13.4. The summed E-state index contributed by atoms with van der Waals surface area (Å²) in [5, 5.41) is 8.38. The predicted molar refractivity (Wildman–Crippen MR) is 78.7 cm³/mol. The van der Waals surface area contributed by atoms with Crippen LogP contribution in [0.5, 0.6) is 0 Å². The lowest BCUT2D eigenvalue weighted by molar-refractivity contribution is 0.0900. The van der Waals surface area contributed by atoms with E-state index in [1.165, 1.54) is 0 Å². The summed E-state index contributed by atoms with van der Waals surface area (Å²) < 4.78 is 25.3. The second-order valence-corrected chi connectivity index (χ2v) is 8.82. The summed E-state index contributed by atoms with van der Waals surface area (Å²) in [6.07, 6.45) is 1.58. The number of halogens is 1. The molecule has 0 radical (unpaired) electrons. The number of hydrogen-bond acceptors (Lipinski definition) is 4. The number of rotatable bonds is 3. The van der Waals surface area contributed by atoms with Gasteiger partial charge >= 0.3 is 0 Å². The monoisotopic (exact) mass is 317 g/mol. The topological polar surface area (TPSA) is 64.0 Å². The molecule has 20 heavy (non-hydrogen) atoms. The molecule has 2 saturated heterocycles. The highest BCUT2D eigenvalue weighted by atomic mass is 35.5. The molecule has 0 spiro atoms. The van der Waals surface area contributed by atoms with Crippen LogP contribution in [-0.2, 0) is 23.3 Å². The summed E-state index contributed by atoms with van der Waals surface area (Å²) in [6, 6.07) is 0. The number of hydrogen-bond donors (Lipinski definition) is 1. The van der Waals surface area contributed by atoms with Crippen molar-refractivity contribution in [1.29, 1.82) is 0 Å². The molecule has 2 aliphatic heterocycles. The van der Waals surface area contributed by atoms with E-state index < -0.39 is 9.84 Å². The van der Waals surface area contributed by atoms with Gasteiger partial charge in [-0.25, -0.2) is 8.42 Å². The van der Waals surface area contributed by atoms with Gasteiger partial charge in [0.15, 0.2) is 9.84 Å². The molecule has 5 nitrogen and oxygen atoms in total. The summed E-state index contributed by atoms with van der Waals surface area (Å²) in [5.74, 6) is 0.890. The van der Waals surface area contributed by atoms with E-state index in [2.05, 4.69) is 10.4 Å². The van der Waals surface area contributed by atoms with Crippen LogP contribution in [0.25, 0.3) is 0 Å². The molecule has 1 N–H and O–H groups in total. The van der Waals surface area contributed by atoms with Crippen LogP contribution in [0.1, 0.15) is 17.8 Å². The minimum absolute atomic E-state index is 0.0213. The Morgan fingerprint density at radius 1 is 1.50 bits per heavy atom. The Kier molecular flexibility index (Phi) is 3.38. The molecule has 0 aliphatic carbocycles. The highest BCUT2D eigenvalue weighted by Gasteiger charge is 2.49. The fraction of sp³-hybridized carbons (Fsp3) is 0.769. The van der Waals surface area contributed by atoms with E-state index in [4.69, 9.17) is 11.6 Å². The van der Waals surface area contributed by atoms with E-state index in [0.717, 1.165) is 42.3 Å². The predicted octanol–water partition coefficient (Wildman–Crippen LogP) is 0.949. The Labute approximate surface area is 124 Å². The SMILES string of the molecule is Cc1nn(C)c(CC2(C3CCS(=O)(=O)C3)CNC2)c1Cl. The Bertz CT molecular complexity index is 634. The molecule has 0 bridgehead atoms. The average molecular weight is 318 g/mol. The maximum Gasteiger partial charge on any atom is 0.150 e. The van der Waals surface area contributed by atoms with Gasteiger partial charge < -0.3 is 5.32 Å². The van der Waals surface area contributed by atoms with Gasteiger partial charge in [0, 0.05) is 25.6 Å². The zero-order valence-electron chi connectivity index (χ0n) is 11.8. The van der Waals surface area contributed by atoms with Crippen molar-refractivity contribution >= 4 is 21.4 Å². The van der Waals surface area contributed by atoms with Crippen molar-refractivity contribution in [2.75, 3.05) is 24.6 Å². The lowest BCUT2D eigenvalue weighted by Gasteiger charge is -2.47. The molecule has 1 unspecified atom stereocenters. The summed E-state index contributed by atoms with van der Waals surface area (Å²) in [4.78, 5) is 0. The fourth-order valence-electron chi connectivity index (χ4n) is 3.49. The fourth-order valence-corrected chi connectivity index (χ4v) is 5.66. The van der Waals surface area contributed by atoms with E-state index in [-0.39, 0.29) is 11.3 Å². The molecule has 112 valence electrons. The van der Waals surface area contributed by atoms with Crippen LogP contribution in [0, 0.1) is 18.3 Å². The van der Waals surface area contributed by atoms with Crippen molar-refractivity contribution in [2.45, 2.75) is 19.8 Å². The third kappa shape index (κ3) is 2.27. The molecule has 0 aromatic carbocycles. The number of nitrogens with zero attached hydrogens (tertiary/aromatic N) is 2. The van der Waals surface area contributed by atoms with Crippen LogP contribution in [0.4, 0.5) is 0 Å². The Morgan fingerprint density at radius 3 is 2.60 bits per heavy atom. The van der Waals surface area contributed by atoms with Crippen molar-refractivity contribution < 1.29 is 8.42 Å². The van der Waals surface area contributed by atoms with Gasteiger partial charge in [-0.2, -0.15) is 5.10 Å². The summed E-state index contributed by atoms with van der Waals surface area (Å²) in [7, 11) is -0.943. The summed E-state index contributed by atoms with van der Waals surface area (Å²) in [6.45, 7) is 3.64. The van der Waals surface area contributed by atoms with Crippen LogP contribution in [0.2, 0.25) is 5.02 Å². The van der Waals surface area contributed by atoms with Crippen LogP contribution in [0.15, 0.2) is 0 Å². The van der Waals surface area contributed by atoms with Crippen molar-refractivity contribution in [2.24, 2.45) is 18.4 Å². The Morgan fingerprint density at radius 2 is 2.20 bits per heavy atom. The first-order valence-electron chi connectivity index (χ1n) is 6.92. The molecule has 2 fully saturated rings. The number of aryl methyl sites for hydroxylation is 2. The molecule has 7 heteroatoms. The standard InChI is InChI=1S/C13H20ClN3O2S/c1-9-12(14)11(17(2)16-9)5-13(7-15-8-13)10-3-4-20(18,19)6-10/h10,15H,3-8H2,1-2H3. The third-order valence-electron chi connectivity index (χ3n) is 4.83. The van der Waals surface area contributed by atoms with Crippen LogP contribution in [0.3, 0.4) is 0 Å². The van der Waals surface area contributed by atoms with Gasteiger partial charge in [0.25, 0.3) is 0 Å². The lowest BCUT2D eigenvalue weighted by Crippen LogP contribution is -2.59. The van der Waals surface area contributed by atoms with E-state index in [9.17, 15) is 8.42 Å². The van der Waals surface area contributed by atoms with Crippen LogP contribution >= 0.6 is 11.6 Å². The smallest absolute Gasteiger partial charge is 0.150 e. The highest BCUT2D eigenvalue weighted by Crippen LogP contribution is 2.43. The van der Waals surface area contributed by atoms with Crippen molar-refractivity contribution in [3.8, 4) is 0 Å². The van der Waals surface area contributed by atoms with Gasteiger partial charge in [-0.1, -0.05) is 11.6 Å². The first-order chi connectivity index (χ1) is 9.33. The normalized spacial score (nSPS) is 27.4. The largest absolute Gasteiger partial charge is 0.315 e.